The van der Waals surface area contributed by atoms with Gasteiger partial charge in [-0.15, -0.1) is 0 Å². The molecule has 75 heavy (non-hydrogen) atoms. The zero-order valence-corrected chi connectivity index (χ0v) is 49.6. The molecule has 0 amide bonds. The molecule has 432 valence electrons. The molecule has 0 aromatic rings. The number of allylic oxidation sites excluding steroid dienone is 14. The van der Waals surface area contributed by atoms with Crippen molar-refractivity contribution in [3.63, 3.8) is 0 Å². The van der Waals surface area contributed by atoms with Gasteiger partial charge < -0.3 is 14.2 Å². The zero-order chi connectivity index (χ0) is 54.3. The third-order valence-corrected chi connectivity index (χ3v) is 13.9. The molecule has 0 heterocycles. The minimum absolute atomic E-state index is 0.0820. The van der Waals surface area contributed by atoms with Gasteiger partial charge in [0.2, 0.25) is 0 Å². The van der Waals surface area contributed by atoms with Crippen LogP contribution in [0.15, 0.2) is 85.1 Å². The third kappa shape index (κ3) is 61.3. The van der Waals surface area contributed by atoms with Gasteiger partial charge in [-0.25, -0.2) is 0 Å². The van der Waals surface area contributed by atoms with Crippen LogP contribution in [0.25, 0.3) is 0 Å². The standard InChI is InChI=1S/C69H120O6/c1-4-7-10-13-16-19-22-24-26-28-30-32-33-34-35-37-38-40-42-44-47-50-53-56-59-62-68(71)74-65-66(64-73-67(70)61-58-55-52-49-46-21-18-15-12-9-6-3)75-69(72)63-60-57-54-51-48-45-43-41-39-36-31-29-27-25-23-20-17-14-11-8-5-2/h8,11,17,20,22,24-25,27-28,30-31,36,41,43,66H,4-7,9-10,12-16,18-19,21,23,26,29,32-35,37-40,42,44-65H2,1-3H3/b11-8-,20-17-,24-22-,27-25-,30-28-,36-31-,43-41-. The Balaban J connectivity index is 4.29. The van der Waals surface area contributed by atoms with Gasteiger partial charge in [0.25, 0.3) is 0 Å². The van der Waals surface area contributed by atoms with E-state index in [9.17, 15) is 14.4 Å². The molecule has 0 aromatic heterocycles. The predicted molar refractivity (Wildman–Crippen MR) is 325 cm³/mol. The largest absolute Gasteiger partial charge is 0.462 e. The Hall–Kier alpha value is -3.41. The van der Waals surface area contributed by atoms with Gasteiger partial charge in [0, 0.05) is 19.3 Å². The number of carbonyl (C=O) groups is 3. The first kappa shape index (κ1) is 71.6. The SMILES string of the molecule is CC/C=C\C/C=C\C/C=C\C/C=C\C/C=C\CCCCCCCC(=O)OC(COC(=O)CCCCCCCCCCCCC)COC(=O)CCCCCCCCCCCCCCC/C=C\C/C=C\CCCCCCC. The Kier molecular flexibility index (Phi) is 60.3. The maximum atomic E-state index is 12.9. The third-order valence-electron chi connectivity index (χ3n) is 13.9. The van der Waals surface area contributed by atoms with Gasteiger partial charge in [-0.1, -0.05) is 286 Å². The summed E-state index contributed by atoms with van der Waals surface area (Å²) >= 11 is 0. The van der Waals surface area contributed by atoms with Gasteiger partial charge in [-0.3, -0.25) is 14.4 Å². The number of hydrogen-bond acceptors (Lipinski definition) is 6. The number of hydrogen-bond donors (Lipinski definition) is 0. The zero-order valence-electron chi connectivity index (χ0n) is 49.6. The number of ether oxygens (including phenoxy) is 3. The number of unbranched alkanes of at least 4 members (excludes halogenated alkanes) is 33. The van der Waals surface area contributed by atoms with Crippen LogP contribution in [-0.2, 0) is 28.6 Å². The molecule has 0 radical (unpaired) electrons. The van der Waals surface area contributed by atoms with E-state index in [1.54, 1.807) is 0 Å². The smallest absolute Gasteiger partial charge is 0.306 e. The monoisotopic (exact) mass is 1040 g/mol. The van der Waals surface area contributed by atoms with Crippen LogP contribution in [0.2, 0.25) is 0 Å². The second-order valence-electron chi connectivity index (χ2n) is 21.3. The van der Waals surface area contributed by atoms with E-state index < -0.39 is 6.10 Å². The molecular formula is C69H120O6. The van der Waals surface area contributed by atoms with Crippen LogP contribution in [0.4, 0.5) is 0 Å². The van der Waals surface area contributed by atoms with Crippen LogP contribution < -0.4 is 0 Å². The van der Waals surface area contributed by atoms with Crippen LogP contribution in [-0.4, -0.2) is 37.2 Å². The Morgan fingerprint density at radius 1 is 0.280 bits per heavy atom. The molecule has 1 unspecified atom stereocenters. The van der Waals surface area contributed by atoms with Gasteiger partial charge in [0.05, 0.1) is 0 Å². The molecule has 0 aliphatic rings. The summed E-state index contributed by atoms with van der Waals surface area (Å²) in [6.45, 7) is 6.52. The fraction of sp³-hybridized carbons (Fsp3) is 0.754. The van der Waals surface area contributed by atoms with Crippen LogP contribution in [0.3, 0.4) is 0 Å². The van der Waals surface area contributed by atoms with E-state index in [2.05, 4.69) is 106 Å². The van der Waals surface area contributed by atoms with Crippen molar-refractivity contribution >= 4 is 17.9 Å². The fourth-order valence-electron chi connectivity index (χ4n) is 9.09. The molecule has 0 spiro atoms. The van der Waals surface area contributed by atoms with E-state index in [1.165, 1.54) is 161 Å². The molecule has 0 aromatic carbocycles. The van der Waals surface area contributed by atoms with Crippen molar-refractivity contribution in [2.45, 2.75) is 322 Å². The van der Waals surface area contributed by atoms with Crippen molar-refractivity contribution in [3.05, 3.63) is 85.1 Å². The first-order valence-corrected chi connectivity index (χ1v) is 32.1. The summed E-state index contributed by atoms with van der Waals surface area (Å²) < 4.78 is 16.9. The normalized spacial score (nSPS) is 12.6. The molecule has 0 saturated heterocycles. The van der Waals surface area contributed by atoms with Crippen molar-refractivity contribution in [1.82, 2.24) is 0 Å². The highest BCUT2D eigenvalue weighted by molar-refractivity contribution is 5.71. The van der Waals surface area contributed by atoms with Crippen LogP contribution in [0.5, 0.6) is 0 Å². The lowest BCUT2D eigenvalue weighted by Crippen LogP contribution is -2.30. The molecule has 0 bridgehead atoms. The van der Waals surface area contributed by atoms with Crippen molar-refractivity contribution in [1.29, 1.82) is 0 Å². The lowest BCUT2D eigenvalue weighted by Gasteiger charge is -2.18. The number of rotatable bonds is 58. The molecule has 0 aliphatic carbocycles. The second kappa shape index (κ2) is 63.1. The lowest BCUT2D eigenvalue weighted by molar-refractivity contribution is -0.167. The average Bonchev–Trinajstić information content (AvgIpc) is 3.41. The van der Waals surface area contributed by atoms with Crippen molar-refractivity contribution in [2.24, 2.45) is 0 Å². The molecule has 0 rings (SSSR count). The highest BCUT2D eigenvalue weighted by Gasteiger charge is 2.19. The molecule has 0 fully saturated rings. The van der Waals surface area contributed by atoms with E-state index in [4.69, 9.17) is 14.2 Å². The quantitative estimate of drug-likeness (QED) is 0.0261. The average molecular weight is 1050 g/mol. The van der Waals surface area contributed by atoms with E-state index >= 15 is 0 Å². The summed E-state index contributed by atoms with van der Waals surface area (Å²) in [4.78, 5) is 38.3. The Morgan fingerprint density at radius 3 is 0.813 bits per heavy atom. The van der Waals surface area contributed by atoms with Gasteiger partial charge in [0.15, 0.2) is 6.10 Å². The highest BCUT2D eigenvalue weighted by atomic mass is 16.6. The number of esters is 3. The van der Waals surface area contributed by atoms with Gasteiger partial charge in [-0.05, 0) is 96.3 Å². The molecule has 6 nitrogen and oxygen atoms in total. The summed E-state index contributed by atoms with van der Waals surface area (Å²) in [5.41, 5.74) is 0. The Labute approximate surface area is 465 Å². The first-order valence-electron chi connectivity index (χ1n) is 32.1. The van der Waals surface area contributed by atoms with E-state index in [0.717, 1.165) is 116 Å². The van der Waals surface area contributed by atoms with E-state index in [1.807, 2.05) is 0 Å². The second-order valence-corrected chi connectivity index (χ2v) is 21.3. The lowest BCUT2D eigenvalue weighted by atomic mass is 10.0. The highest BCUT2D eigenvalue weighted by Crippen LogP contribution is 2.16. The van der Waals surface area contributed by atoms with Crippen molar-refractivity contribution < 1.29 is 28.6 Å². The summed E-state index contributed by atoms with van der Waals surface area (Å²) in [5.74, 6) is -0.890. The summed E-state index contributed by atoms with van der Waals surface area (Å²) in [6, 6.07) is 0. The Morgan fingerprint density at radius 2 is 0.520 bits per heavy atom. The van der Waals surface area contributed by atoms with Crippen LogP contribution in [0, 0.1) is 0 Å². The molecule has 0 aliphatic heterocycles. The van der Waals surface area contributed by atoms with Crippen molar-refractivity contribution in [3.8, 4) is 0 Å². The Bertz CT molecular complexity index is 1430. The fourth-order valence-corrected chi connectivity index (χ4v) is 9.09. The minimum atomic E-state index is -0.786. The minimum Gasteiger partial charge on any atom is -0.462 e. The summed E-state index contributed by atoms with van der Waals surface area (Å²) in [6.07, 6.45) is 83.0. The summed E-state index contributed by atoms with van der Waals surface area (Å²) in [7, 11) is 0. The van der Waals surface area contributed by atoms with Gasteiger partial charge in [-0.2, -0.15) is 0 Å². The molecule has 6 heteroatoms. The maximum Gasteiger partial charge on any atom is 0.306 e. The predicted octanol–water partition coefficient (Wildman–Crippen LogP) is 21.9. The molecule has 0 saturated carbocycles. The first-order chi connectivity index (χ1) is 37.0. The van der Waals surface area contributed by atoms with Gasteiger partial charge >= 0.3 is 17.9 Å². The van der Waals surface area contributed by atoms with Crippen molar-refractivity contribution in [2.75, 3.05) is 13.2 Å². The van der Waals surface area contributed by atoms with Crippen LogP contribution >= 0.6 is 0 Å². The maximum absolute atomic E-state index is 12.9. The molecule has 0 N–H and O–H groups in total. The molecular weight excluding hydrogens is 925 g/mol. The van der Waals surface area contributed by atoms with E-state index in [-0.39, 0.29) is 31.1 Å². The number of carbonyl (C=O) groups excluding carboxylic acids is 3. The van der Waals surface area contributed by atoms with Crippen LogP contribution in [0.1, 0.15) is 316 Å². The summed E-state index contributed by atoms with van der Waals surface area (Å²) in [5, 5.41) is 0. The van der Waals surface area contributed by atoms with E-state index in [0.29, 0.717) is 19.3 Å². The van der Waals surface area contributed by atoms with Gasteiger partial charge in [0.1, 0.15) is 13.2 Å². The topological polar surface area (TPSA) is 78.9 Å². The molecule has 1 atom stereocenters.